The van der Waals surface area contributed by atoms with E-state index in [-0.39, 0.29) is 22.4 Å². The highest BCUT2D eigenvalue weighted by molar-refractivity contribution is 6.09. The Labute approximate surface area is 190 Å². The Morgan fingerprint density at radius 2 is 1.41 bits per heavy atom. The minimum absolute atomic E-state index is 0.0116. The van der Waals surface area contributed by atoms with E-state index in [1.54, 1.807) is 0 Å². The SMILES string of the molecule is Cc1cc2c(cc1C(N=O)c1ccc(C3C(=O)CCCC3=O)cc1)C(C)(C)C=CC2(C)C. The van der Waals surface area contributed by atoms with Gasteiger partial charge in [-0.15, -0.1) is 4.91 Å². The van der Waals surface area contributed by atoms with Crippen molar-refractivity contribution < 1.29 is 9.59 Å². The van der Waals surface area contributed by atoms with Crippen molar-refractivity contribution in [2.45, 2.75) is 76.7 Å². The van der Waals surface area contributed by atoms with E-state index in [1.807, 2.05) is 31.2 Å². The first-order chi connectivity index (χ1) is 15.0. The maximum atomic E-state index is 12.3. The molecule has 1 fully saturated rings. The van der Waals surface area contributed by atoms with Crippen LogP contribution in [0.1, 0.15) is 92.3 Å². The molecule has 0 spiro atoms. The number of nitrogens with zero attached hydrogens (tertiary/aromatic N) is 1. The Morgan fingerprint density at radius 1 is 0.875 bits per heavy atom. The van der Waals surface area contributed by atoms with Crippen molar-refractivity contribution >= 4 is 11.6 Å². The van der Waals surface area contributed by atoms with Crippen molar-refractivity contribution in [2.75, 3.05) is 0 Å². The van der Waals surface area contributed by atoms with E-state index < -0.39 is 12.0 Å². The van der Waals surface area contributed by atoms with Gasteiger partial charge >= 0.3 is 0 Å². The van der Waals surface area contributed by atoms with Crippen molar-refractivity contribution in [1.82, 2.24) is 0 Å². The Bertz CT molecular complexity index is 1110. The highest BCUT2D eigenvalue weighted by atomic mass is 16.3. The second kappa shape index (κ2) is 7.91. The molecule has 2 aliphatic rings. The molecule has 4 rings (SSSR count). The summed E-state index contributed by atoms with van der Waals surface area (Å²) in [5.41, 5.74) is 5.71. The van der Waals surface area contributed by atoms with Crippen LogP contribution < -0.4 is 0 Å². The number of nitroso groups, excluding NO2 is 1. The summed E-state index contributed by atoms with van der Waals surface area (Å²) in [7, 11) is 0. The number of Topliss-reactive ketones (excluding diaryl/α,β-unsaturated/α-hetero) is 2. The topological polar surface area (TPSA) is 63.6 Å². The van der Waals surface area contributed by atoms with Gasteiger partial charge in [0.1, 0.15) is 23.5 Å². The van der Waals surface area contributed by atoms with Crippen LogP contribution >= 0.6 is 0 Å². The van der Waals surface area contributed by atoms with Crippen LogP contribution in [-0.2, 0) is 20.4 Å². The zero-order chi connectivity index (χ0) is 23.3. The smallest absolute Gasteiger partial charge is 0.147 e. The molecule has 2 aromatic rings. The molecule has 0 N–H and O–H groups in total. The number of fused-ring (bicyclic) bond motifs is 1. The van der Waals surface area contributed by atoms with Gasteiger partial charge in [0.05, 0.1) is 0 Å². The van der Waals surface area contributed by atoms with Gasteiger partial charge < -0.3 is 0 Å². The lowest BCUT2D eigenvalue weighted by molar-refractivity contribution is -0.131. The Kier molecular flexibility index (Phi) is 5.52. The van der Waals surface area contributed by atoms with Gasteiger partial charge in [0, 0.05) is 23.7 Å². The largest absolute Gasteiger partial charge is 0.299 e. The number of hydrogen-bond donors (Lipinski definition) is 0. The molecule has 0 radical (unpaired) electrons. The first-order valence-corrected chi connectivity index (χ1v) is 11.4. The Balaban J connectivity index is 1.73. The second-order valence-electron chi connectivity index (χ2n) is 10.4. The molecule has 1 saturated carbocycles. The third-order valence-electron chi connectivity index (χ3n) is 7.19. The summed E-state index contributed by atoms with van der Waals surface area (Å²) in [6.45, 7) is 10.8. The zero-order valence-corrected chi connectivity index (χ0v) is 19.6. The number of carbonyl (C=O) groups is 2. The van der Waals surface area contributed by atoms with Gasteiger partial charge in [-0.2, -0.15) is 0 Å². The van der Waals surface area contributed by atoms with E-state index in [9.17, 15) is 14.5 Å². The van der Waals surface area contributed by atoms with Crippen LogP contribution in [0.15, 0.2) is 53.7 Å². The van der Waals surface area contributed by atoms with Crippen LogP contribution in [0.3, 0.4) is 0 Å². The summed E-state index contributed by atoms with van der Waals surface area (Å²) in [4.78, 5) is 36.6. The lowest BCUT2D eigenvalue weighted by Gasteiger charge is -2.37. The van der Waals surface area contributed by atoms with Crippen LogP contribution in [-0.4, -0.2) is 11.6 Å². The van der Waals surface area contributed by atoms with Crippen LogP contribution in [0, 0.1) is 11.8 Å². The normalized spacial score (nSPS) is 20.7. The molecule has 0 bridgehead atoms. The van der Waals surface area contributed by atoms with E-state index in [4.69, 9.17) is 0 Å². The molecule has 1 atom stereocenters. The van der Waals surface area contributed by atoms with Crippen LogP contribution in [0.4, 0.5) is 0 Å². The third-order valence-corrected chi connectivity index (χ3v) is 7.19. The van der Waals surface area contributed by atoms with Crippen molar-refractivity contribution in [2.24, 2.45) is 5.18 Å². The van der Waals surface area contributed by atoms with Gasteiger partial charge in [-0.3, -0.25) is 9.59 Å². The second-order valence-corrected chi connectivity index (χ2v) is 10.4. The highest BCUT2D eigenvalue weighted by Crippen LogP contribution is 2.44. The van der Waals surface area contributed by atoms with Crippen LogP contribution in [0.5, 0.6) is 0 Å². The average Bonchev–Trinajstić information content (AvgIpc) is 2.74. The Morgan fingerprint density at radius 3 is 1.94 bits per heavy atom. The average molecular weight is 430 g/mol. The van der Waals surface area contributed by atoms with Crippen LogP contribution in [0.25, 0.3) is 0 Å². The number of rotatable bonds is 4. The fourth-order valence-electron chi connectivity index (χ4n) is 5.13. The molecule has 0 aliphatic heterocycles. The minimum Gasteiger partial charge on any atom is -0.299 e. The van der Waals surface area contributed by atoms with E-state index in [1.165, 1.54) is 11.1 Å². The van der Waals surface area contributed by atoms with Gasteiger partial charge in [-0.1, -0.05) is 81.4 Å². The Hall–Kier alpha value is -2.88. The standard InChI is InChI=1S/C28H31NO3/c1-17-15-21-22(28(4,5)14-13-27(21,2)3)16-20(17)26(29-32)19-11-9-18(10-12-19)25-23(30)7-6-8-24(25)31/h9-16,25-26H,6-8H2,1-5H3. The van der Waals surface area contributed by atoms with Gasteiger partial charge in [-0.25, -0.2) is 0 Å². The number of hydrogen-bond acceptors (Lipinski definition) is 4. The zero-order valence-electron chi connectivity index (χ0n) is 19.6. The predicted molar refractivity (Wildman–Crippen MR) is 127 cm³/mol. The van der Waals surface area contributed by atoms with Crippen molar-refractivity contribution in [3.8, 4) is 0 Å². The molecule has 0 saturated heterocycles. The molecule has 1 unspecified atom stereocenters. The molecule has 2 aromatic carbocycles. The van der Waals surface area contributed by atoms with Gasteiger partial charge in [-0.05, 0) is 46.7 Å². The van der Waals surface area contributed by atoms with Crippen molar-refractivity contribution in [1.29, 1.82) is 0 Å². The first kappa shape index (κ1) is 22.3. The molecule has 0 amide bonds. The van der Waals surface area contributed by atoms with E-state index in [0.29, 0.717) is 24.8 Å². The summed E-state index contributed by atoms with van der Waals surface area (Å²) < 4.78 is 0. The summed E-state index contributed by atoms with van der Waals surface area (Å²) >= 11 is 0. The maximum Gasteiger partial charge on any atom is 0.147 e. The van der Waals surface area contributed by atoms with Gasteiger partial charge in [0.15, 0.2) is 0 Å². The molecular weight excluding hydrogens is 398 g/mol. The number of aryl methyl sites for hydroxylation is 1. The monoisotopic (exact) mass is 429 g/mol. The van der Waals surface area contributed by atoms with Gasteiger partial charge in [0.2, 0.25) is 0 Å². The van der Waals surface area contributed by atoms with E-state index >= 15 is 0 Å². The molecule has 0 heterocycles. The third kappa shape index (κ3) is 3.76. The summed E-state index contributed by atoms with van der Waals surface area (Å²) in [6, 6.07) is 11.0. The quantitative estimate of drug-likeness (QED) is 0.322. The maximum absolute atomic E-state index is 12.3. The fourth-order valence-corrected chi connectivity index (χ4v) is 5.13. The number of carbonyl (C=O) groups excluding carboxylic acids is 2. The molecular formula is C28H31NO3. The number of allylic oxidation sites excluding steroid dienone is 2. The molecule has 0 aromatic heterocycles. The lowest BCUT2D eigenvalue weighted by atomic mass is 9.67. The summed E-state index contributed by atoms with van der Waals surface area (Å²) in [5.74, 6) is -0.689. The van der Waals surface area contributed by atoms with Crippen molar-refractivity contribution in [3.05, 3.63) is 86.8 Å². The summed E-state index contributed by atoms with van der Waals surface area (Å²) in [6.07, 6.45) is 6.04. The minimum atomic E-state index is -0.666. The molecule has 2 aliphatic carbocycles. The number of benzene rings is 2. The van der Waals surface area contributed by atoms with Crippen LogP contribution in [0.2, 0.25) is 0 Å². The summed E-state index contributed by atoms with van der Waals surface area (Å²) in [5, 5.41) is 3.49. The molecule has 4 nitrogen and oxygen atoms in total. The molecule has 4 heteroatoms. The predicted octanol–water partition coefficient (Wildman–Crippen LogP) is 6.38. The van der Waals surface area contributed by atoms with Crippen molar-refractivity contribution in [3.63, 3.8) is 0 Å². The fraction of sp³-hybridized carbons (Fsp3) is 0.429. The molecule has 166 valence electrons. The first-order valence-electron chi connectivity index (χ1n) is 11.4. The van der Waals surface area contributed by atoms with Gasteiger partial charge in [0.25, 0.3) is 0 Å². The van der Waals surface area contributed by atoms with E-state index in [2.05, 4.69) is 57.2 Å². The molecule has 32 heavy (non-hydrogen) atoms. The highest BCUT2D eigenvalue weighted by Gasteiger charge is 2.35. The number of ketones is 2. The lowest BCUT2D eigenvalue weighted by Crippen LogP contribution is -2.29. The van der Waals surface area contributed by atoms with E-state index in [0.717, 1.165) is 16.7 Å².